The number of hydrogen-bond acceptors (Lipinski definition) is 5. The number of benzene rings is 3. The predicted octanol–water partition coefficient (Wildman–Crippen LogP) is 5.81. The van der Waals surface area contributed by atoms with Gasteiger partial charge in [0, 0.05) is 22.6 Å². The second-order valence-electron chi connectivity index (χ2n) is 9.77. The maximum atomic E-state index is 14.0. The van der Waals surface area contributed by atoms with Crippen LogP contribution in [0.15, 0.2) is 77.7 Å². The van der Waals surface area contributed by atoms with E-state index in [4.69, 9.17) is 4.74 Å². The number of nitrogens with zero attached hydrogens (tertiary/aromatic N) is 1. The third-order valence-electron chi connectivity index (χ3n) is 7.17. The Balaban J connectivity index is 1.60. The molecule has 0 bridgehead atoms. The minimum Gasteiger partial charge on any atom is -0.496 e. The Hall–Kier alpha value is -3.92. The highest BCUT2D eigenvalue weighted by Crippen LogP contribution is 2.63. The van der Waals surface area contributed by atoms with Crippen molar-refractivity contribution in [3.8, 4) is 5.75 Å². The topological polar surface area (TPSA) is 85.4 Å². The maximum absolute atomic E-state index is 14.0. The third kappa shape index (κ3) is 4.73. The average Bonchev–Trinajstić information content (AvgIpc) is 3.64. The number of pyridine rings is 1. The highest BCUT2D eigenvalue weighted by Gasteiger charge is 2.63. The highest BCUT2D eigenvalue weighted by molar-refractivity contribution is 7.90. The Labute approximate surface area is 223 Å². The summed E-state index contributed by atoms with van der Waals surface area (Å²) < 4.78 is 75.3. The minimum atomic E-state index is -4.57. The summed E-state index contributed by atoms with van der Waals surface area (Å²) in [6, 6.07) is 17.8. The van der Waals surface area contributed by atoms with Crippen LogP contribution in [0.1, 0.15) is 40.3 Å². The molecule has 1 fully saturated rings. The zero-order valence-electron chi connectivity index (χ0n) is 21.3. The van der Waals surface area contributed by atoms with Crippen molar-refractivity contribution < 1.29 is 31.1 Å². The minimum absolute atomic E-state index is 0.103. The van der Waals surface area contributed by atoms with Gasteiger partial charge in [0.2, 0.25) is 5.91 Å². The van der Waals surface area contributed by atoms with E-state index in [9.17, 15) is 26.4 Å². The molecule has 1 saturated carbocycles. The molecule has 3 aromatic carbocycles. The van der Waals surface area contributed by atoms with Gasteiger partial charge in [-0.2, -0.15) is 13.2 Å². The summed E-state index contributed by atoms with van der Waals surface area (Å²) in [4.78, 5) is 18.2. The summed E-state index contributed by atoms with van der Waals surface area (Å²) in [5, 5.41) is 0.343. The van der Waals surface area contributed by atoms with Gasteiger partial charge in [0.1, 0.15) is 5.75 Å². The molecule has 2 atom stereocenters. The standard InChI is InChI=1S/C29H25F3N2O4S/c1-17-10-13-25(38-3)22(14-17)28(16-23(28)19-6-4-7-20(15-19)29(30,31)32)27(35)34-39(36,37)26-9-5-8-24-21(26)12-11-18(2)33-24/h4-15,23H,16H2,1-3H3,(H,34,35)/t23-,28-/m0/s1. The molecular weight excluding hydrogens is 529 g/mol. The van der Waals surface area contributed by atoms with Crippen LogP contribution in [0.4, 0.5) is 13.2 Å². The zero-order chi connectivity index (χ0) is 28.2. The van der Waals surface area contributed by atoms with Gasteiger partial charge in [0.25, 0.3) is 10.0 Å². The van der Waals surface area contributed by atoms with Gasteiger partial charge in [-0.05, 0) is 62.2 Å². The van der Waals surface area contributed by atoms with Crippen LogP contribution in [-0.2, 0) is 26.4 Å². The molecule has 0 unspecified atom stereocenters. The largest absolute Gasteiger partial charge is 0.496 e. The molecule has 6 nitrogen and oxygen atoms in total. The Bertz CT molecular complexity index is 1720. The van der Waals surface area contributed by atoms with E-state index in [-0.39, 0.29) is 16.9 Å². The van der Waals surface area contributed by atoms with Gasteiger partial charge in [-0.1, -0.05) is 42.0 Å². The van der Waals surface area contributed by atoms with E-state index in [0.29, 0.717) is 27.9 Å². The van der Waals surface area contributed by atoms with Gasteiger partial charge < -0.3 is 4.74 Å². The summed E-state index contributed by atoms with van der Waals surface area (Å²) in [6.45, 7) is 3.58. The van der Waals surface area contributed by atoms with Gasteiger partial charge in [-0.3, -0.25) is 9.78 Å². The van der Waals surface area contributed by atoms with Gasteiger partial charge in [0.05, 0.1) is 28.5 Å². The van der Waals surface area contributed by atoms with Crippen LogP contribution in [0.2, 0.25) is 0 Å². The van der Waals surface area contributed by atoms with Crippen molar-refractivity contribution in [2.75, 3.05) is 7.11 Å². The number of halogens is 3. The molecule has 1 aliphatic rings. The molecule has 1 aromatic heterocycles. The molecule has 1 aliphatic carbocycles. The molecule has 0 aliphatic heterocycles. The Morgan fingerprint density at radius 2 is 1.77 bits per heavy atom. The summed E-state index contributed by atoms with van der Waals surface area (Å²) in [5.74, 6) is -1.21. The van der Waals surface area contributed by atoms with E-state index in [1.807, 2.05) is 0 Å². The van der Waals surface area contributed by atoms with Gasteiger partial charge >= 0.3 is 6.18 Å². The van der Waals surface area contributed by atoms with E-state index in [0.717, 1.165) is 17.7 Å². The molecular formula is C29H25F3N2O4S. The number of rotatable bonds is 6. The molecule has 202 valence electrons. The first-order valence-electron chi connectivity index (χ1n) is 12.1. The van der Waals surface area contributed by atoms with Gasteiger partial charge in [-0.25, -0.2) is 13.1 Å². The van der Waals surface area contributed by atoms with Crippen molar-refractivity contribution in [2.45, 2.75) is 42.7 Å². The number of carbonyl (C=O) groups is 1. The smallest absolute Gasteiger partial charge is 0.416 e. The van der Waals surface area contributed by atoms with Crippen LogP contribution in [0.5, 0.6) is 5.75 Å². The van der Waals surface area contributed by atoms with Crippen molar-refractivity contribution in [3.05, 3.63) is 101 Å². The van der Waals surface area contributed by atoms with Crippen molar-refractivity contribution in [1.82, 2.24) is 9.71 Å². The lowest BCUT2D eigenvalue weighted by atomic mass is 9.88. The van der Waals surface area contributed by atoms with Gasteiger partial charge in [0.15, 0.2) is 0 Å². The second-order valence-corrected chi connectivity index (χ2v) is 11.4. The van der Waals surface area contributed by atoms with Crippen LogP contribution in [0.25, 0.3) is 10.9 Å². The number of nitrogens with one attached hydrogen (secondary N) is 1. The summed E-state index contributed by atoms with van der Waals surface area (Å²) in [7, 11) is -2.96. The van der Waals surface area contributed by atoms with Crippen molar-refractivity contribution in [3.63, 3.8) is 0 Å². The third-order valence-corrected chi connectivity index (χ3v) is 8.55. The predicted molar refractivity (Wildman–Crippen MR) is 140 cm³/mol. The van der Waals surface area contributed by atoms with Crippen molar-refractivity contribution in [1.29, 1.82) is 0 Å². The molecule has 4 aromatic rings. The number of amides is 1. The molecule has 0 saturated heterocycles. The summed E-state index contributed by atoms with van der Waals surface area (Å²) in [6.07, 6.45) is -4.47. The van der Waals surface area contributed by atoms with Crippen molar-refractivity contribution >= 4 is 26.8 Å². The highest BCUT2D eigenvalue weighted by atomic mass is 32.2. The molecule has 5 rings (SSSR count). The number of fused-ring (bicyclic) bond motifs is 1. The number of methoxy groups -OCH3 is 1. The fourth-order valence-electron chi connectivity index (χ4n) is 5.17. The van der Waals surface area contributed by atoms with Crippen LogP contribution in [0, 0.1) is 13.8 Å². The van der Waals surface area contributed by atoms with Gasteiger partial charge in [-0.15, -0.1) is 0 Å². The average molecular weight is 555 g/mol. The first kappa shape index (κ1) is 26.7. The Kier molecular flexibility index (Phi) is 6.41. The molecule has 0 spiro atoms. The van der Waals surface area contributed by atoms with Crippen molar-refractivity contribution in [2.24, 2.45) is 0 Å². The normalized spacial score (nSPS) is 19.1. The first-order valence-corrected chi connectivity index (χ1v) is 13.6. The molecule has 0 radical (unpaired) electrons. The molecule has 39 heavy (non-hydrogen) atoms. The quantitative estimate of drug-likeness (QED) is 0.325. The van der Waals surface area contributed by atoms with Crippen LogP contribution in [-0.4, -0.2) is 26.4 Å². The fourth-order valence-corrected chi connectivity index (χ4v) is 6.43. The van der Waals surface area contributed by atoms with Crippen LogP contribution >= 0.6 is 0 Å². The second kappa shape index (κ2) is 9.37. The molecule has 1 N–H and O–H groups in total. The lowest BCUT2D eigenvalue weighted by molar-refractivity contribution is -0.137. The number of sulfonamides is 1. The van der Waals surface area contributed by atoms with Crippen LogP contribution < -0.4 is 9.46 Å². The van der Waals surface area contributed by atoms with E-state index in [1.54, 1.807) is 50.2 Å². The molecule has 1 heterocycles. The molecule has 10 heteroatoms. The number of aromatic nitrogens is 1. The Morgan fingerprint density at radius 1 is 1.03 bits per heavy atom. The number of hydrogen-bond donors (Lipinski definition) is 1. The number of carbonyl (C=O) groups excluding carboxylic acids is 1. The SMILES string of the molecule is COc1ccc(C)cc1[C@@]1(C(=O)NS(=O)(=O)c2cccc3nc(C)ccc23)C[C@H]1c1cccc(C(F)(F)F)c1. The Morgan fingerprint density at radius 3 is 2.49 bits per heavy atom. The summed E-state index contributed by atoms with van der Waals surface area (Å²) in [5.41, 5.74) is 0.325. The van der Waals surface area contributed by atoms with Crippen LogP contribution in [0.3, 0.4) is 0 Å². The number of aryl methyl sites for hydroxylation is 2. The van der Waals surface area contributed by atoms with E-state index in [2.05, 4.69) is 9.71 Å². The fraction of sp³-hybridized carbons (Fsp3) is 0.241. The van der Waals surface area contributed by atoms with E-state index in [1.165, 1.54) is 31.4 Å². The zero-order valence-corrected chi connectivity index (χ0v) is 22.2. The maximum Gasteiger partial charge on any atom is 0.416 e. The van der Waals surface area contributed by atoms with E-state index < -0.39 is 39.0 Å². The first-order chi connectivity index (χ1) is 18.4. The lowest BCUT2D eigenvalue weighted by Crippen LogP contribution is -2.40. The number of alkyl halides is 3. The number of ether oxygens (including phenoxy) is 1. The monoisotopic (exact) mass is 554 g/mol. The lowest BCUT2D eigenvalue weighted by Gasteiger charge is -2.22. The molecule has 1 amide bonds. The van der Waals surface area contributed by atoms with E-state index >= 15 is 0 Å². The summed E-state index contributed by atoms with van der Waals surface area (Å²) >= 11 is 0.